The molecule has 0 unspecified atom stereocenters. The monoisotopic (exact) mass is 453 g/mol. The lowest BCUT2D eigenvalue weighted by Gasteiger charge is -2.38. The topological polar surface area (TPSA) is 26.0 Å². The van der Waals surface area contributed by atoms with Gasteiger partial charge in [0.05, 0.1) is 0 Å². The van der Waals surface area contributed by atoms with Crippen LogP contribution in [0.3, 0.4) is 0 Å². The van der Waals surface area contributed by atoms with Crippen molar-refractivity contribution in [2.24, 2.45) is 17.8 Å². The van der Waals surface area contributed by atoms with Gasteiger partial charge < -0.3 is 5.73 Å². The van der Waals surface area contributed by atoms with Crippen LogP contribution >= 0.6 is 0 Å². The van der Waals surface area contributed by atoms with Gasteiger partial charge in [0.15, 0.2) is 0 Å². The molecule has 0 atom stereocenters. The summed E-state index contributed by atoms with van der Waals surface area (Å²) in [5.41, 5.74) is 8.29. The number of benzene rings is 1. The van der Waals surface area contributed by atoms with Gasteiger partial charge in [-0.3, -0.25) is 0 Å². The molecular weight excluding hydrogens is 398 g/mol. The van der Waals surface area contributed by atoms with Crippen LogP contribution in [0.2, 0.25) is 0 Å². The largest absolute Gasteiger partial charge is 0.399 e. The summed E-state index contributed by atoms with van der Waals surface area (Å²) in [7, 11) is 0. The molecule has 0 aromatic heterocycles. The van der Waals surface area contributed by atoms with Gasteiger partial charge in [-0.05, 0) is 79.9 Å². The van der Waals surface area contributed by atoms with Crippen LogP contribution in [0.5, 0.6) is 0 Å². The molecule has 0 spiro atoms. The van der Waals surface area contributed by atoms with E-state index in [4.69, 9.17) is 5.73 Å². The van der Waals surface area contributed by atoms with E-state index in [1.54, 1.807) is 0 Å². The zero-order chi connectivity index (χ0) is 23.1. The van der Waals surface area contributed by atoms with Crippen LogP contribution in [-0.2, 0) is 0 Å². The number of unbranched alkanes of at least 4 members (excludes halogenated alkanes) is 11. The third-order valence-electron chi connectivity index (χ3n) is 9.20. The summed E-state index contributed by atoms with van der Waals surface area (Å²) in [5.74, 6) is 3.89. The van der Waals surface area contributed by atoms with E-state index in [-0.39, 0.29) is 0 Å². The Labute approximate surface area is 206 Å². The van der Waals surface area contributed by atoms with E-state index in [9.17, 15) is 0 Å². The summed E-state index contributed by atoms with van der Waals surface area (Å²) in [6.45, 7) is 2.31. The molecule has 188 valence electrons. The predicted octanol–water partition coefficient (Wildman–Crippen LogP) is 10.4. The van der Waals surface area contributed by atoms with E-state index in [2.05, 4.69) is 31.2 Å². The molecule has 2 saturated carbocycles. The van der Waals surface area contributed by atoms with Crippen LogP contribution in [0, 0.1) is 17.8 Å². The molecule has 1 aromatic rings. The first-order chi connectivity index (χ1) is 16.3. The molecule has 0 bridgehead atoms. The van der Waals surface area contributed by atoms with Gasteiger partial charge in [-0.1, -0.05) is 115 Å². The van der Waals surface area contributed by atoms with Crippen LogP contribution in [0.1, 0.15) is 153 Å². The van der Waals surface area contributed by atoms with Crippen LogP contribution in [-0.4, -0.2) is 0 Å². The number of anilines is 1. The molecular formula is C32H55N. The summed E-state index contributed by atoms with van der Waals surface area (Å²) in [6, 6.07) is 8.70. The van der Waals surface area contributed by atoms with E-state index >= 15 is 0 Å². The minimum absolute atomic E-state index is 0.781. The summed E-state index contributed by atoms with van der Waals surface area (Å²) in [5, 5.41) is 0. The third-order valence-corrected chi connectivity index (χ3v) is 9.20. The van der Waals surface area contributed by atoms with Crippen molar-refractivity contribution < 1.29 is 0 Å². The van der Waals surface area contributed by atoms with Gasteiger partial charge in [-0.25, -0.2) is 0 Å². The predicted molar refractivity (Wildman–Crippen MR) is 147 cm³/mol. The van der Waals surface area contributed by atoms with Gasteiger partial charge in [0, 0.05) is 5.69 Å². The third kappa shape index (κ3) is 10.0. The van der Waals surface area contributed by atoms with Gasteiger partial charge in [0.2, 0.25) is 0 Å². The molecule has 1 heteroatoms. The smallest absolute Gasteiger partial charge is 0.0314 e. The highest BCUT2D eigenvalue weighted by molar-refractivity contribution is 5.40. The second-order valence-corrected chi connectivity index (χ2v) is 11.7. The first-order valence-electron chi connectivity index (χ1n) is 15.1. The molecule has 2 aliphatic rings. The first kappa shape index (κ1) is 26.6. The Bertz CT molecular complexity index is 589. The van der Waals surface area contributed by atoms with Crippen molar-refractivity contribution in [1.29, 1.82) is 0 Å². The number of nitrogen functional groups attached to an aromatic ring is 1. The lowest BCUT2D eigenvalue weighted by Crippen LogP contribution is -2.25. The van der Waals surface area contributed by atoms with Crippen molar-refractivity contribution >= 4 is 5.69 Å². The van der Waals surface area contributed by atoms with Crippen molar-refractivity contribution in [1.82, 2.24) is 0 Å². The zero-order valence-corrected chi connectivity index (χ0v) is 22.0. The minimum atomic E-state index is 0.781. The Hall–Kier alpha value is -0.980. The Kier molecular flexibility index (Phi) is 12.8. The molecule has 2 N–H and O–H groups in total. The van der Waals surface area contributed by atoms with E-state index in [1.807, 2.05) is 0 Å². The normalized spacial score (nSPS) is 25.8. The van der Waals surface area contributed by atoms with Crippen LogP contribution in [0.25, 0.3) is 0 Å². The van der Waals surface area contributed by atoms with Gasteiger partial charge in [0.1, 0.15) is 0 Å². The van der Waals surface area contributed by atoms with Crippen molar-refractivity contribution in [2.45, 2.75) is 148 Å². The Morgan fingerprint density at radius 2 is 1.03 bits per heavy atom. The summed E-state index contributed by atoms with van der Waals surface area (Å²) in [4.78, 5) is 0. The van der Waals surface area contributed by atoms with E-state index < -0.39 is 0 Å². The van der Waals surface area contributed by atoms with Gasteiger partial charge in [0.25, 0.3) is 0 Å². The first-order valence-corrected chi connectivity index (χ1v) is 15.1. The maximum Gasteiger partial charge on any atom is 0.0314 e. The van der Waals surface area contributed by atoms with Crippen molar-refractivity contribution in [3.63, 3.8) is 0 Å². The summed E-state index contributed by atoms with van der Waals surface area (Å²) < 4.78 is 0. The maximum atomic E-state index is 5.87. The molecule has 0 radical (unpaired) electrons. The molecule has 2 aliphatic carbocycles. The highest BCUT2D eigenvalue weighted by atomic mass is 14.5. The molecule has 3 rings (SSSR count). The summed E-state index contributed by atoms with van der Waals surface area (Å²) in [6.07, 6.45) is 31.0. The quantitative estimate of drug-likeness (QED) is 0.207. The second kappa shape index (κ2) is 15.8. The highest BCUT2D eigenvalue weighted by Crippen LogP contribution is 2.44. The number of hydrogen-bond acceptors (Lipinski definition) is 1. The van der Waals surface area contributed by atoms with E-state index in [0.717, 1.165) is 29.4 Å². The molecule has 1 aromatic carbocycles. The standard InChI is InChI=1S/C32H55N/c1-2-3-4-5-6-7-8-9-10-11-12-13-14-27-15-17-28(18-16-27)29-19-21-30(22-20-29)31-23-25-32(33)26-24-31/h23-30H,2-22,33H2,1H3/t27-,28-,29?,30?. The highest BCUT2D eigenvalue weighted by Gasteiger charge is 2.31. The zero-order valence-electron chi connectivity index (χ0n) is 22.0. The summed E-state index contributed by atoms with van der Waals surface area (Å²) >= 11 is 0. The van der Waals surface area contributed by atoms with Gasteiger partial charge in [-0.2, -0.15) is 0 Å². The molecule has 0 amide bonds. The van der Waals surface area contributed by atoms with E-state index in [1.165, 1.54) is 140 Å². The minimum Gasteiger partial charge on any atom is -0.399 e. The average molecular weight is 454 g/mol. The van der Waals surface area contributed by atoms with Crippen molar-refractivity contribution in [3.05, 3.63) is 29.8 Å². The van der Waals surface area contributed by atoms with Crippen molar-refractivity contribution in [2.75, 3.05) is 5.73 Å². The average Bonchev–Trinajstić information content (AvgIpc) is 2.86. The maximum absolute atomic E-state index is 5.87. The van der Waals surface area contributed by atoms with Crippen LogP contribution in [0.15, 0.2) is 24.3 Å². The Balaban J connectivity index is 1.16. The SMILES string of the molecule is CCCCCCCCCCCCCC[C@H]1CC[C@H](C2CCC(c3ccc(N)cc3)CC2)CC1. The molecule has 0 aliphatic heterocycles. The molecule has 0 heterocycles. The molecule has 2 fully saturated rings. The van der Waals surface area contributed by atoms with Crippen LogP contribution in [0.4, 0.5) is 5.69 Å². The number of hydrogen-bond donors (Lipinski definition) is 1. The fraction of sp³-hybridized carbons (Fsp3) is 0.812. The van der Waals surface area contributed by atoms with Crippen LogP contribution < -0.4 is 5.73 Å². The number of rotatable bonds is 15. The Morgan fingerprint density at radius 1 is 0.576 bits per heavy atom. The number of nitrogens with two attached hydrogens (primary N) is 1. The Morgan fingerprint density at radius 3 is 1.55 bits per heavy atom. The molecule has 1 nitrogen and oxygen atoms in total. The second-order valence-electron chi connectivity index (χ2n) is 11.7. The van der Waals surface area contributed by atoms with Gasteiger partial charge in [-0.15, -0.1) is 0 Å². The molecule has 0 saturated heterocycles. The lowest BCUT2D eigenvalue weighted by atomic mass is 9.68. The van der Waals surface area contributed by atoms with Gasteiger partial charge >= 0.3 is 0 Å². The molecule has 33 heavy (non-hydrogen) atoms. The lowest BCUT2D eigenvalue weighted by molar-refractivity contribution is 0.155. The van der Waals surface area contributed by atoms with Crippen molar-refractivity contribution in [3.8, 4) is 0 Å². The fourth-order valence-electron chi connectivity index (χ4n) is 6.91. The fourth-order valence-corrected chi connectivity index (χ4v) is 6.91. The van der Waals surface area contributed by atoms with E-state index in [0.29, 0.717) is 0 Å².